The van der Waals surface area contributed by atoms with Gasteiger partial charge in [-0.1, -0.05) is 73.6 Å². The lowest BCUT2D eigenvalue weighted by Crippen LogP contribution is -2.43. The fourth-order valence-electron chi connectivity index (χ4n) is 5.07. The molecule has 252 valence electrons. The minimum absolute atomic E-state index is 0.000496. The van der Waals surface area contributed by atoms with Crippen LogP contribution in [0, 0.1) is 17.8 Å². The van der Waals surface area contributed by atoms with Crippen molar-refractivity contribution in [2.45, 2.75) is 170 Å². The van der Waals surface area contributed by atoms with Crippen molar-refractivity contribution in [1.82, 2.24) is 21.3 Å². The molecule has 0 aromatic rings. The van der Waals surface area contributed by atoms with Crippen LogP contribution >= 0.6 is 0 Å². The monoisotopic (exact) mass is 609 g/mol. The zero-order valence-corrected chi connectivity index (χ0v) is 29.1. The van der Waals surface area contributed by atoms with E-state index in [1.165, 1.54) is 0 Å². The Hall–Kier alpha value is -1.96. The summed E-state index contributed by atoms with van der Waals surface area (Å²) in [4.78, 5) is 51.6. The van der Waals surface area contributed by atoms with Gasteiger partial charge in [0.2, 0.25) is 17.7 Å². The van der Waals surface area contributed by atoms with Gasteiger partial charge in [-0.25, -0.2) is 0 Å². The molecular weight excluding hydrogens is 540 g/mol. The van der Waals surface area contributed by atoms with Crippen LogP contribution in [0.5, 0.6) is 0 Å². The first-order chi connectivity index (χ1) is 20.3. The van der Waals surface area contributed by atoms with E-state index in [0.29, 0.717) is 56.5 Å². The minimum Gasteiger partial charge on any atom is -0.356 e. The molecule has 0 aliphatic carbocycles. The van der Waals surface area contributed by atoms with E-state index >= 15 is 0 Å². The molecule has 0 aromatic carbocycles. The van der Waals surface area contributed by atoms with Crippen molar-refractivity contribution >= 4 is 23.5 Å². The fourth-order valence-corrected chi connectivity index (χ4v) is 5.07. The third-order valence-corrected chi connectivity index (χ3v) is 7.62. The number of ketones is 1. The molecule has 8 nitrogen and oxygen atoms in total. The summed E-state index contributed by atoms with van der Waals surface area (Å²) in [5.74, 6) is 0.672. The van der Waals surface area contributed by atoms with E-state index in [1.807, 2.05) is 13.8 Å². The number of Topliss-reactive ketones (excluding diaryl/α,β-unsaturated/α-hetero) is 1. The van der Waals surface area contributed by atoms with Crippen molar-refractivity contribution in [3.8, 4) is 0 Å². The molecule has 2 atom stereocenters. The second-order valence-corrected chi connectivity index (χ2v) is 13.9. The molecule has 3 amide bonds. The first kappa shape index (κ1) is 41.0. The van der Waals surface area contributed by atoms with E-state index < -0.39 is 12.0 Å². The number of hydrogen-bond donors (Lipinski definition) is 4. The summed E-state index contributed by atoms with van der Waals surface area (Å²) in [5, 5.41) is 12.4. The van der Waals surface area contributed by atoms with Gasteiger partial charge in [-0.2, -0.15) is 0 Å². The Labute approximate surface area is 264 Å². The number of amides is 3. The lowest BCUT2D eigenvalue weighted by atomic mass is 9.90. The molecule has 2 unspecified atom stereocenters. The van der Waals surface area contributed by atoms with E-state index in [4.69, 9.17) is 0 Å². The van der Waals surface area contributed by atoms with Crippen LogP contribution in [0.3, 0.4) is 0 Å². The lowest BCUT2D eigenvalue weighted by Gasteiger charge is -2.22. The predicted molar refractivity (Wildman–Crippen MR) is 179 cm³/mol. The van der Waals surface area contributed by atoms with Crippen LogP contribution in [-0.4, -0.2) is 54.7 Å². The van der Waals surface area contributed by atoms with Gasteiger partial charge in [-0.15, -0.1) is 0 Å². The van der Waals surface area contributed by atoms with E-state index in [-0.39, 0.29) is 36.0 Å². The molecule has 0 aliphatic rings. The molecule has 8 heteroatoms. The Bertz CT molecular complexity index is 767. The van der Waals surface area contributed by atoms with Crippen LogP contribution in [0.2, 0.25) is 0 Å². The molecule has 0 radical (unpaired) electrons. The second kappa shape index (κ2) is 25.4. The van der Waals surface area contributed by atoms with Crippen molar-refractivity contribution in [3.05, 3.63) is 0 Å². The van der Waals surface area contributed by atoms with Gasteiger partial charge in [0.1, 0.15) is 0 Å². The van der Waals surface area contributed by atoms with E-state index in [9.17, 15) is 19.2 Å². The summed E-state index contributed by atoms with van der Waals surface area (Å²) in [5.41, 5.74) is 0. The van der Waals surface area contributed by atoms with Gasteiger partial charge in [0.25, 0.3) is 0 Å². The zero-order chi connectivity index (χ0) is 32.6. The molecular formula is C35H68N4O4. The predicted octanol–water partition coefficient (Wildman–Crippen LogP) is 6.46. The molecule has 0 saturated heterocycles. The first-order valence-corrected chi connectivity index (χ1v) is 17.4. The molecule has 0 spiro atoms. The standard InChI is InChI=1S/C35H68N4O4/c1-26(2)17-9-11-21-33(41)37-24-16-14-20-31(39-34(42)22-12-10-18-27(3)4)32(40)25-30(35(43)38-29(7)8)19-13-15-23-36-28(5)6/h26-31,36H,9-25H2,1-8H3,(H,37,41)(H,38,43)(H,39,42). The van der Waals surface area contributed by atoms with Crippen LogP contribution in [0.25, 0.3) is 0 Å². The largest absolute Gasteiger partial charge is 0.356 e. The van der Waals surface area contributed by atoms with Crippen molar-refractivity contribution < 1.29 is 19.2 Å². The molecule has 0 aliphatic heterocycles. The molecule has 0 rings (SSSR count). The van der Waals surface area contributed by atoms with Crippen molar-refractivity contribution in [1.29, 1.82) is 0 Å². The highest BCUT2D eigenvalue weighted by Gasteiger charge is 2.27. The molecule has 0 saturated carbocycles. The molecule has 0 fully saturated rings. The lowest BCUT2D eigenvalue weighted by molar-refractivity contribution is -0.132. The van der Waals surface area contributed by atoms with E-state index in [1.54, 1.807) is 0 Å². The topological polar surface area (TPSA) is 116 Å². The van der Waals surface area contributed by atoms with Crippen LogP contribution in [0.15, 0.2) is 0 Å². The number of carbonyl (C=O) groups is 4. The summed E-state index contributed by atoms with van der Waals surface area (Å²) < 4.78 is 0. The van der Waals surface area contributed by atoms with Gasteiger partial charge in [0.15, 0.2) is 5.78 Å². The Morgan fingerprint density at radius 2 is 1.07 bits per heavy atom. The van der Waals surface area contributed by atoms with Gasteiger partial charge < -0.3 is 21.3 Å². The van der Waals surface area contributed by atoms with Crippen molar-refractivity contribution in [3.63, 3.8) is 0 Å². The SMILES string of the molecule is CC(C)CCCCC(=O)NCCCCC(NC(=O)CCCCC(C)C)C(=O)CC(CCCCNC(C)C)C(=O)NC(C)C. The molecule has 0 bridgehead atoms. The Morgan fingerprint density at radius 3 is 1.63 bits per heavy atom. The average Bonchev–Trinajstić information content (AvgIpc) is 2.90. The molecule has 4 N–H and O–H groups in total. The maximum absolute atomic E-state index is 13.6. The Kier molecular flexibility index (Phi) is 24.2. The maximum Gasteiger partial charge on any atom is 0.223 e. The molecule has 43 heavy (non-hydrogen) atoms. The van der Waals surface area contributed by atoms with Crippen LogP contribution in [0.4, 0.5) is 0 Å². The summed E-state index contributed by atoms with van der Waals surface area (Å²) in [6.07, 6.45) is 11.5. The van der Waals surface area contributed by atoms with Crippen LogP contribution < -0.4 is 21.3 Å². The summed E-state index contributed by atoms with van der Waals surface area (Å²) in [6, 6.07) is -0.194. The van der Waals surface area contributed by atoms with Crippen molar-refractivity contribution in [2.75, 3.05) is 13.1 Å². The quantitative estimate of drug-likeness (QED) is 0.0799. The van der Waals surface area contributed by atoms with Gasteiger partial charge in [0, 0.05) is 43.8 Å². The minimum atomic E-state index is -0.610. The first-order valence-electron chi connectivity index (χ1n) is 17.4. The summed E-state index contributed by atoms with van der Waals surface area (Å²) >= 11 is 0. The normalized spacial score (nSPS) is 13.0. The molecule has 0 aromatic heterocycles. The van der Waals surface area contributed by atoms with Crippen LogP contribution in [0.1, 0.15) is 152 Å². The Balaban J connectivity index is 5.09. The highest BCUT2D eigenvalue weighted by atomic mass is 16.2. The van der Waals surface area contributed by atoms with E-state index in [0.717, 1.165) is 64.3 Å². The van der Waals surface area contributed by atoms with Gasteiger partial charge in [0.05, 0.1) is 6.04 Å². The summed E-state index contributed by atoms with van der Waals surface area (Å²) in [6.45, 7) is 18.3. The summed E-state index contributed by atoms with van der Waals surface area (Å²) in [7, 11) is 0. The number of hydrogen-bond acceptors (Lipinski definition) is 5. The fraction of sp³-hybridized carbons (Fsp3) is 0.886. The number of nitrogens with one attached hydrogen (secondary N) is 4. The third kappa shape index (κ3) is 25.1. The highest BCUT2D eigenvalue weighted by Crippen LogP contribution is 2.18. The number of rotatable bonds is 27. The number of unbranched alkanes of at least 4 members (excludes halogenated alkanes) is 4. The van der Waals surface area contributed by atoms with Gasteiger partial charge in [-0.05, 0) is 77.2 Å². The third-order valence-electron chi connectivity index (χ3n) is 7.62. The zero-order valence-electron chi connectivity index (χ0n) is 29.1. The average molecular weight is 609 g/mol. The van der Waals surface area contributed by atoms with Gasteiger partial charge in [-0.3, -0.25) is 19.2 Å². The number of carbonyl (C=O) groups excluding carboxylic acids is 4. The highest BCUT2D eigenvalue weighted by molar-refractivity contribution is 5.92. The van der Waals surface area contributed by atoms with Crippen LogP contribution in [-0.2, 0) is 19.2 Å². The maximum atomic E-state index is 13.6. The van der Waals surface area contributed by atoms with Gasteiger partial charge >= 0.3 is 0 Å². The van der Waals surface area contributed by atoms with Crippen molar-refractivity contribution in [2.24, 2.45) is 17.8 Å². The smallest absolute Gasteiger partial charge is 0.223 e. The second-order valence-electron chi connectivity index (χ2n) is 13.9. The van der Waals surface area contributed by atoms with E-state index in [2.05, 4.69) is 62.8 Å². The molecule has 0 heterocycles. The Morgan fingerprint density at radius 1 is 0.535 bits per heavy atom.